The maximum atomic E-state index is 8.81. The third kappa shape index (κ3) is 1.39. The smallest absolute Gasteiger partial charge is 0.137 e. The van der Waals surface area contributed by atoms with Gasteiger partial charge < -0.3 is 15.8 Å². The van der Waals surface area contributed by atoms with Crippen LogP contribution in [0.4, 0.5) is 0 Å². The zero-order valence-electron chi connectivity index (χ0n) is 8.33. The van der Waals surface area contributed by atoms with Crippen molar-refractivity contribution < 1.29 is 9.94 Å². The van der Waals surface area contributed by atoms with E-state index in [2.05, 4.69) is 10.3 Å². The Morgan fingerprint density at radius 1 is 1.15 bits per heavy atom. The van der Waals surface area contributed by atoms with Crippen molar-refractivity contribution in [2.45, 2.75) is 38.9 Å². The van der Waals surface area contributed by atoms with E-state index >= 15 is 0 Å². The lowest BCUT2D eigenvalue weighted by Gasteiger charge is -2.21. The topological polar surface area (TPSA) is 80.2 Å². The Morgan fingerprint density at radius 2 is 1.62 bits per heavy atom. The maximum absolute atomic E-state index is 8.81. The number of rotatable bonds is 0. The van der Waals surface area contributed by atoms with E-state index in [0.29, 0.717) is 11.4 Å². The van der Waals surface area contributed by atoms with Crippen LogP contribution in [0.5, 0.6) is 0 Å². The van der Waals surface area contributed by atoms with E-state index in [0.717, 1.165) is 0 Å². The van der Waals surface area contributed by atoms with Crippen molar-refractivity contribution in [2.75, 3.05) is 0 Å². The van der Waals surface area contributed by atoms with Crippen molar-refractivity contribution in [1.82, 2.24) is 0 Å². The van der Waals surface area contributed by atoms with E-state index in [4.69, 9.17) is 15.8 Å². The van der Waals surface area contributed by atoms with Crippen LogP contribution in [0, 0.1) is 0 Å². The third-order valence-corrected chi connectivity index (χ3v) is 2.10. The second kappa shape index (κ2) is 2.70. The Labute approximate surface area is 77.3 Å². The summed E-state index contributed by atoms with van der Waals surface area (Å²) in [7, 11) is 0. The molecule has 0 spiro atoms. The van der Waals surface area contributed by atoms with Crippen LogP contribution in [0.2, 0.25) is 0 Å². The molecule has 0 aliphatic carbocycles. The van der Waals surface area contributed by atoms with Gasteiger partial charge in [0.25, 0.3) is 0 Å². The molecule has 13 heavy (non-hydrogen) atoms. The Hall–Kier alpha value is -1.10. The molecule has 0 atom stereocenters. The van der Waals surface area contributed by atoms with E-state index in [1.54, 1.807) is 0 Å². The zero-order chi connectivity index (χ0) is 10.3. The van der Waals surface area contributed by atoms with E-state index in [-0.39, 0.29) is 0 Å². The van der Waals surface area contributed by atoms with Gasteiger partial charge in [0.15, 0.2) is 0 Å². The molecule has 1 aliphatic heterocycles. The van der Waals surface area contributed by atoms with Crippen LogP contribution in [0.1, 0.15) is 27.7 Å². The largest absolute Gasteiger partial charge is 0.410 e. The molecule has 1 saturated heterocycles. The van der Waals surface area contributed by atoms with Crippen LogP contribution < -0.4 is 5.84 Å². The lowest BCUT2D eigenvalue weighted by atomic mass is 9.96. The quantitative estimate of drug-likeness (QED) is 0.331. The van der Waals surface area contributed by atoms with Crippen LogP contribution in [0.25, 0.3) is 0 Å². The van der Waals surface area contributed by atoms with Crippen LogP contribution in [0.15, 0.2) is 10.3 Å². The fraction of sp³-hybridized carbons (Fsp3) is 0.750. The van der Waals surface area contributed by atoms with Gasteiger partial charge in [0.2, 0.25) is 0 Å². The van der Waals surface area contributed by atoms with E-state index in [1.165, 1.54) is 0 Å². The van der Waals surface area contributed by atoms with Gasteiger partial charge in [0.1, 0.15) is 22.6 Å². The fourth-order valence-electron chi connectivity index (χ4n) is 1.69. The summed E-state index contributed by atoms with van der Waals surface area (Å²) in [4.78, 5) is 0. The lowest BCUT2D eigenvalue weighted by molar-refractivity contribution is -0.0277. The lowest BCUT2D eigenvalue weighted by Crippen LogP contribution is -2.32. The number of nitrogens with zero attached hydrogens (tertiary/aromatic N) is 2. The molecule has 0 aromatic heterocycles. The molecule has 1 aliphatic rings. The van der Waals surface area contributed by atoms with E-state index in [9.17, 15) is 0 Å². The molecule has 0 aromatic rings. The van der Waals surface area contributed by atoms with Gasteiger partial charge in [-0.2, -0.15) is 5.10 Å². The molecule has 1 fully saturated rings. The van der Waals surface area contributed by atoms with Crippen LogP contribution in [-0.2, 0) is 4.74 Å². The van der Waals surface area contributed by atoms with Gasteiger partial charge in [-0.1, -0.05) is 5.16 Å². The second-order valence-electron chi connectivity index (χ2n) is 4.05. The zero-order valence-corrected chi connectivity index (χ0v) is 8.33. The van der Waals surface area contributed by atoms with E-state index < -0.39 is 11.2 Å². The van der Waals surface area contributed by atoms with Crippen molar-refractivity contribution in [2.24, 2.45) is 16.1 Å². The van der Waals surface area contributed by atoms with Gasteiger partial charge in [-0.25, -0.2) is 0 Å². The van der Waals surface area contributed by atoms with Gasteiger partial charge >= 0.3 is 0 Å². The van der Waals surface area contributed by atoms with Crippen molar-refractivity contribution in [1.29, 1.82) is 0 Å². The first-order chi connectivity index (χ1) is 5.85. The summed E-state index contributed by atoms with van der Waals surface area (Å²) in [5, 5.41) is 15.6. The molecule has 1 rings (SSSR count). The molecule has 0 amide bonds. The first kappa shape index (κ1) is 9.98. The van der Waals surface area contributed by atoms with Crippen molar-refractivity contribution in [3.05, 3.63) is 0 Å². The standard InChI is InChI=1S/C8H15N3O2/c1-7(2)5(10-9)6(11-12)8(3,4)13-7/h12H,9H2,1-4H3/b10-5-,11-6+. The summed E-state index contributed by atoms with van der Waals surface area (Å²) in [6, 6.07) is 0. The molecular weight excluding hydrogens is 170 g/mol. The molecule has 5 nitrogen and oxygen atoms in total. The minimum absolute atomic E-state index is 0.389. The first-order valence-corrected chi connectivity index (χ1v) is 4.06. The Morgan fingerprint density at radius 3 is 1.92 bits per heavy atom. The van der Waals surface area contributed by atoms with Gasteiger partial charge in [0.05, 0.1) is 0 Å². The molecule has 5 heteroatoms. The van der Waals surface area contributed by atoms with Gasteiger partial charge in [-0.15, -0.1) is 0 Å². The molecular formula is C8H15N3O2. The summed E-state index contributed by atoms with van der Waals surface area (Å²) in [5.41, 5.74) is -0.365. The Bertz CT molecular complexity index is 251. The van der Waals surface area contributed by atoms with Gasteiger partial charge in [0, 0.05) is 0 Å². The summed E-state index contributed by atoms with van der Waals surface area (Å²) in [6.07, 6.45) is 0. The highest BCUT2D eigenvalue weighted by molar-refractivity contribution is 6.49. The number of ether oxygens (including phenoxy) is 1. The minimum Gasteiger partial charge on any atom is -0.410 e. The van der Waals surface area contributed by atoms with Crippen molar-refractivity contribution in [3.8, 4) is 0 Å². The molecule has 1 heterocycles. The summed E-state index contributed by atoms with van der Waals surface area (Å²) in [5.74, 6) is 5.21. The first-order valence-electron chi connectivity index (χ1n) is 4.06. The summed E-state index contributed by atoms with van der Waals surface area (Å²) >= 11 is 0. The molecule has 0 radical (unpaired) electrons. The van der Waals surface area contributed by atoms with Crippen molar-refractivity contribution >= 4 is 11.4 Å². The molecule has 0 saturated carbocycles. The normalized spacial score (nSPS) is 31.4. The SMILES string of the molecule is CC1(C)OC(C)(C)C(=N/O)/C1=N/N. The summed E-state index contributed by atoms with van der Waals surface area (Å²) in [6.45, 7) is 7.28. The molecule has 0 bridgehead atoms. The summed E-state index contributed by atoms with van der Waals surface area (Å²) < 4.78 is 5.64. The van der Waals surface area contributed by atoms with Crippen LogP contribution in [-0.4, -0.2) is 27.8 Å². The number of hydrogen-bond acceptors (Lipinski definition) is 5. The predicted molar refractivity (Wildman–Crippen MR) is 50.1 cm³/mol. The highest BCUT2D eigenvalue weighted by Gasteiger charge is 2.49. The van der Waals surface area contributed by atoms with Crippen LogP contribution in [0.3, 0.4) is 0 Å². The van der Waals surface area contributed by atoms with Gasteiger partial charge in [-0.05, 0) is 27.7 Å². The molecule has 0 aromatic carbocycles. The number of nitrogens with two attached hydrogens (primary N) is 1. The Balaban J connectivity index is 3.23. The maximum Gasteiger partial charge on any atom is 0.137 e. The predicted octanol–water partition coefficient (Wildman–Crippen LogP) is 0.719. The highest BCUT2D eigenvalue weighted by atomic mass is 16.5. The average molecular weight is 185 g/mol. The average Bonchev–Trinajstić information content (AvgIpc) is 2.13. The van der Waals surface area contributed by atoms with Gasteiger partial charge in [-0.3, -0.25) is 0 Å². The highest BCUT2D eigenvalue weighted by Crippen LogP contribution is 2.32. The molecule has 74 valence electrons. The number of hydrazone groups is 1. The Kier molecular flexibility index (Phi) is 2.07. The number of oxime groups is 1. The fourth-order valence-corrected chi connectivity index (χ4v) is 1.69. The monoisotopic (exact) mass is 185 g/mol. The number of hydrogen-bond donors (Lipinski definition) is 2. The second-order valence-corrected chi connectivity index (χ2v) is 4.05. The minimum atomic E-state index is -0.642. The van der Waals surface area contributed by atoms with Crippen LogP contribution >= 0.6 is 0 Å². The van der Waals surface area contributed by atoms with Crippen molar-refractivity contribution in [3.63, 3.8) is 0 Å². The van der Waals surface area contributed by atoms with E-state index in [1.807, 2.05) is 27.7 Å². The molecule has 0 unspecified atom stereocenters. The third-order valence-electron chi connectivity index (χ3n) is 2.10. The molecule has 3 N–H and O–H groups in total.